The van der Waals surface area contributed by atoms with Crippen molar-refractivity contribution in [2.75, 3.05) is 0 Å². The molecule has 0 amide bonds. The number of aromatic nitrogens is 4. The number of pyridine rings is 1. The van der Waals surface area contributed by atoms with Crippen LogP contribution in [0, 0.1) is 6.92 Å². The number of hydrogen-bond donors (Lipinski definition) is 0. The molecule has 94 valence electrons. The van der Waals surface area contributed by atoms with E-state index in [2.05, 4.69) is 15.1 Å². The monoisotopic (exact) mass is 272 g/mol. The van der Waals surface area contributed by atoms with E-state index < -0.39 is 0 Å². The zero-order valence-corrected chi connectivity index (χ0v) is 10.8. The lowest BCUT2D eigenvalue weighted by Gasteiger charge is -2.04. The summed E-state index contributed by atoms with van der Waals surface area (Å²) in [6.07, 6.45) is 2.24. The molecule has 0 N–H and O–H groups in total. The van der Waals surface area contributed by atoms with Gasteiger partial charge >= 0.3 is 0 Å². The number of fused-ring (bicyclic) bond motifs is 1. The van der Waals surface area contributed by atoms with Crippen molar-refractivity contribution in [3.63, 3.8) is 0 Å². The fraction of sp³-hybridized carbons (Fsp3) is 0.0769. The summed E-state index contributed by atoms with van der Waals surface area (Å²) in [7, 11) is 0. The number of aryl methyl sites for hydroxylation is 1. The van der Waals surface area contributed by atoms with Gasteiger partial charge < -0.3 is 0 Å². The summed E-state index contributed by atoms with van der Waals surface area (Å²) in [6, 6.07) is 7.18. The molecule has 0 aliphatic rings. The van der Waals surface area contributed by atoms with Crippen molar-refractivity contribution in [2.24, 2.45) is 0 Å². The van der Waals surface area contributed by atoms with Gasteiger partial charge in [0.1, 0.15) is 5.15 Å². The minimum Gasteiger partial charge on any atom is -0.298 e. The molecular weight excluding hydrogens is 264 g/mol. The van der Waals surface area contributed by atoms with E-state index in [1.807, 2.05) is 25.1 Å². The quantitative estimate of drug-likeness (QED) is 0.531. The zero-order chi connectivity index (χ0) is 13.4. The van der Waals surface area contributed by atoms with Gasteiger partial charge in [0.05, 0.1) is 23.1 Å². The minimum absolute atomic E-state index is 0.404. The molecule has 0 saturated carbocycles. The first-order valence-corrected chi connectivity index (χ1v) is 6.00. The molecule has 0 aliphatic carbocycles. The molecule has 3 aromatic heterocycles. The molecule has 19 heavy (non-hydrogen) atoms. The molecule has 0 fully saturated rings. The predicted molar refractivity (Wildman–Crippen MR) is 71.4 cm³/mol. The average Bonchev–Trinajstić information content (AvgIpc) is 2.82. The normalized spacial score (nSPS) is 10.8. The smallest absolute Gasteiger partial charge is 0.166 e. The van der Waals surface area contributed by atoms with E-state index in [9.17, 15) is 4.79 Å². The van der Waals surface area contributed by atoms with Crippen LogP contribution in [0.1, 0.15) is 16.1 Å². The van der Waals surface area contributed by atoms with Crippen molar-refractivity contribution in [3.8, 4) is 11.4 Å². The highest BCUT2D eigenvalue weighted by Crippen LogP contribution is 2.20. The topological polar surface area (TPSA) is 60.2 Å². The number of nitrogens with zero attached hydrogens (tertiary/aromatic N) is 4. The molecule has 0 aliphatic heterocycles. The van der Waals surface area contributed by atoms with Crippen LogP contribution in [-0.4, -0.2) is 25.9 Å². The van der Waals surface area contributed by atoms with Crippen LogP contribution >= 0.6 is 11.6 Å². The Morgan fingerprint density at radius 2 is 2.11 bits per heavy atom. The third-order valence-corrected chi connectivity index (χ3v) is 2.99. The zero-order valence-electron chi connectivity index (χ0n) is 10.0. The van der Waals surface area contributed by atoms with Gasteiger partial charge in [-0.05, 0) is 25.1 Å². The Labute approximate surface area is 113 Å². The maximum Gasteiger partial charge on any atom is 0.166 e. The summed E-state index contributed by atoms with van der Waals surface area (Å²) >= 11 is 5.88. The maximum atomic E-state index is 11.0. The van der Waals surface area contributed by atoms with Gasteiger partial charge in [0.25, 0.3) is 0 Å². The van der Waals surface area contributed by atoms with Gasteiger partial charge in [-0.1, -0.05) is 17.7 Å². The fourth-order valence-electron chi connectivity index (χ4n) is 1.90. The Morgan fingerprint density at radius 1 is 1.26 bits per heavy atom. The second-order valence-corrected chi connectivity index (χ2v) is 4.47. The van der Waals surface area contributed by atoms with Crippen LogP contribution in [0.5, 0.6) is 0 Å². The Morgan fingerprint density at radius 3 is 2.84 bits per heavy atom. The first kappa shape index (κ1) is 11.8. The first-order valence-electron chi connectivity index (χ1n) is 5.62. The third-order valence-electron chi connectivity index (χ3n) is 2.78. The first-order chi connectivity index (χ1) is 9.19. The Bertz CT molecular complexity index is 781. The number of rotatable bonds is 2. The average molecular weight is 273 g/mol. The fourth-order valence-corrected chi connectivity index (χ4v) is 2.06. The van der Waals surface area contributed by atoms with Gasteiger partial charge in [-0.3, -0.25) is 4.79 Å². The second kappa shape index (κ2) is 4.44. The van der Waals surface area contributed by atoms with E-state index in [1.54, 1.807) is 10.6 Å². The van der Waals surface area contributed by atoms with Gasteiger partial charge in [-0.2, -0.15) is 5.10 Å². The molecule has 6 heteroatoms. The lowest BCUT2D eigenvalue weighted by atomic mass is 10.2. The van der Waals surface area contributed by atoms with Crippen LogP contribution in [0.25, 0.3) is 17.0 Å². The largest absolute Gasteiger partial charge is 0.298 e. The van der Waals surface area contributed by atoms with E-state index in [4.69, 9.17) is 11.6 Å². The molecule has 3 heterocycles. The van der Waals surface area contributed by atoms with Gasteiger partial charge in [-0.25, -0.2) is 14.5 Å². The van der Waals surface area contributed by atoms with Crippen molar-refractivity contribution in [1.29, 1.82) is 0 Å². The van der Waals surface area contributed by atoms with Crippen LogP contribution < -0.4 is 0 Å². The van der Waals surface area contributed by atoms with Crippen LogP contribution in [0.4, 0.5) is 0 Å². The number of hydrogen-bond acceptors (Lipinski definition) is 4. The van der Waals surface area contributed by atoms with E-state index in [0.29, 0.717) is 27.8 Å². The van der Waals surface area contributed by atoms with Gasteiger partial charge in [-0.15, -0.1) is 0 Å². The molecular formula is C13H9ClN4O. The Balaban J connectivity index is 2.27. The van der Waals surface area contributed by atoms with Crippen molar-refractivity contribution >= 4 is 23.5 Å². The molecule has 0 aromatic carbocycles. The van der Waals surface area contributed by atoms with Crippen molar-refractivity contribution in [2.45, 2.75) is 6.92 Å². The van der Waals surface area contributed by atoms with Crippen LogP contribution in [0.15, 0.2) is 30.5 Å². The van der Waals surface area contributed by atoms with Gasteiger partial charge in [0.15, 0.2) is 11.9 Å². The SMILES string of the molecule is Cc1cc(-c2cccc(Cl)n2)nc2c(C=O)cnn12. The Hall–Kier alpha value is -2.27. The van der Waals surface area contributed by atoms with Crippen LogP contribution in [0.2, 0.25) is 5.15 Å². The predicted octanol–water partition coefficient (Wildman–Crippen LogP) is 2.57. The molecule has 5 nitrogen and oxygen atoms in total. The highest BCUT2D eigenvalue weighted by molar-refractivity contribution is 6.29. The number of aldehydes is 1. The second-order valence-electron chi connectivity index (χ2n) is 4.08. The van der Waals surface area contributed by atoms with Crippen molar-refractivity contribution in [1.82, 2.24) is 19.6 Å². The summed E-state index contributed by atoms with van der Waals surface area (Å²) in [5.74, 6) is 0. The van der Waals surface area contributed by atoms with Crippen molar-refractivity contribution < 1.29 is 4.79 Å². The molecule has 0 bridgehead atoms. The highest BCUT2D eigenvalue weighted by atomic mass is 35.5. The highest BCUT2D eigenvalue weighted by Gasteiger charge is 2.10. The molecule has 0 saturated heterocycles. The molecule has 0 spiro atoms. The lowest BCUT2D eigenvalue weighted by Crippen LogP contribution is -1.99. The molecule has 0 atom stereocenters. The van der Waals surface area contributed by atoms with Crippen molar-refractivity contribution in [3.05, 3.63) is 46.9 Å². The summed E-state index contributed by atoms with van der Waals surface area (Å²) in [4.78, 5) is 19.6. The standard InChI is InChI=1S/C13H9ClN4O/c1-8-5-11(10-3-2-4-12(14)16-10)17-13-9(7-19)6-15-18(8)13/h2-7H,1H3. The molecule has 3 aromatic rings. The Kier molecular flexibility index (Phi) is 2.76. The number of carbonyl (C=O) groups excluding carboxylic acids is 1. The van der Waals surface area contributed by atoms with E-state index in [1.165, 1.54) is 6.20 Å². The molecule has 0 radical (unpaired) electrons. The summed E-state index contributed by atoms with van der Waals surface area (Å²) in [6.45, 7) is 1.89. The van der Waals surface area contributed by atoms with Gasteiger partial charge in [0.2, 0.25) is 0 Å². The number of halogens is 1. The van der Waals surface area contributed by atoms with Gasteiger partial charge in [0, 0.05) is 5.69 Å². The molecule has 3 rings (SSSR count). The third kappa shape index (κ3) is 1.98. The van der Waals surface area contributed by atoms with Crippen LogP contribution in [-0.2, 0) is 0 Å². The maximum absolute atomic E-state index is 11.0. The van der Waals surface area contributed by atoms with Crippen LogP contribution in [0.3, 0.4) is 0 Å². The number of carbonyl (C=O) groups is 1. The minimum atomic E-state index is 0.404. The van der Waals surface area contributed by atoms with E-state index >= 15 is 0 Å². The summed E-state index contributed by atoms with van der Waals surface area (Å²) < 4.78 is 1.62. The van der Waals surface area contributed by atoms with E-state index in [-0.39, 0.29) is 0 Å². The summed E-state index contributed by atoms with van der Waals surface area (Å²) in [5.41, 5.74) is 3.17. The lowest BCUT2D eigenvalue weighted by molar-refractivity contribution is 0.112. The molecule has 0 unspecified atom stereocenters. The summed E-state index contributed by atoms with van der Waals surface area (Å²) in [5, 5.41) is 4.52. The van der Waals surface area contributed by atoms with E-state index in [0.717, 1.165) is 12.0 Å².